The van der Waals surface area contributed by atoms with Crippen LogP contribution in [0.15, 0.2) is 22.7 Å². The molecule has 0 bridgehead atoms. The fraction of sp³-hybridized carbons (Fsp3) is 0.333. The van der Waals surface area contributed by atoms with E-state index >= 15 is 0 Å². The maximum Gasteiger partial charge on any atom is 0.120 e. The Morgan fingerprint density at radius 1 is 1.18 bits per heavy atom. The smallest absolute Gasteiger partial charge is 0.120 e. The number of halogens is 2. The summed E-state index contributed by atoms with van der Waals surface area (Å²) in [6.45, 7) is 0.652. The summed E-state index contributed by atoms with van der Waals surface area (Å²) in [7, 11) is 0. The van der Waals surface area contributed by atoms with Gasteiger partial charge in [0.15, 0.2) is 0 Å². The number of ether oxygens (including phenoxy) is 1. The number of aliphatic hydroxyl groups excluding tert-OH is 1. The maximum absolute atomic E-state index is 8.53. The molecule has 1 rings (SSSR count). The zero-order valence-corrected chi connectivity index (χ0v) is 23.0. The van der Waals surface area contributed by atoms with Crippen molar-refractivity contribution in [1.82, 2.24) is 0 Å². The molecule has 0 saturated heterocycles. The summed E-state index contributed by atoms with van der Waals surface area (Å²) in [5.74, 6) is 0.724. The van der Waals surface area contributed by atoms with Gasteiger partial charge in [0, 0.05) is 148 Å². The third-order valence-corrected chi connectivity index (χ3v) is 2.69. The Hall–Kier alpha value is 4.17. The van der Waals surface area contributed by atoms with Crippen molar-refractivity contribution in [2.45, 2.75) is 6.42 Å². The Labute approximate surface area is 216 Å². The van der Waals surface area contributed by atoms with Crippen LogP contribution in [0.2, 0.25) is 5.02 Å². The summed E-state index contributed by atoms with van der Waals surface area (Å²) < 4.78 is 6.17. The van der Waals surface area contributed by atoms with Crippen molar-refractivity contribution in [2.75, 3.05) is 13.2 Å². The van der Waals surface area contributed by atoms with Crippen molar-refractivity contribution in [3.05, 3.63) is 27.7 Å². The Morgan fingerprint density at radius 3 is 2.24 bits per heavy atom. The Balaban J connectivity index is -0.000000211. The molecule has 0 aliphatic carbocycles. The van der Waals surface area contributed by atoms with E-state index in [1.165, 1.54) is 0 Å². The molecule has 8 heteroatoms. The molecule has 0 aliphatic heterocycles. The van der Waals surface area contributed by atoms with Gasteiger partial charge in [0.1, 0.15) is 5.75 Å². The molecule has 0 saturated carbocycles. The average molecular weight is 621 g/mol. The van der Waals surface area contributed by atoms with Crippen LogP contribution in [-0.4, -0.2) is 18.3 Å². The van der Waals surface area contributed by atoms with Crippen molar-refractivity contribution < 1.29 is 141 Å². The second-order valence-electron chi connectivity index (χ2n) is 2.50. The van der Waals surface area contributed by atoms with Crippen molar-refractivity contribution in [1.29, 1.82) is 0 Å². The molecular formula is C9H10BrClO2Y4. The monoisotopic (exact) mass is 620 g/mol. The van der Waals surface area contributed by atoms with E-state index in [2.05, 4.69) is 15.9 Å². The van der Waals surface area contributed by atoms with Crippen molar-refractivity contribution in [3.63, 3.8) is 0 Å². The molecule has 0 aromatic heterocycles. The van der Waals surface area contributed by atoms with Crippen LogP contribution in [0, 0.1) is 0 Å². The van der Waals surface area contributed by atoms with Crippen LogP contribution < -0.4 is 4.74 Å². The molecular weight excluding hydrogens is 611 g/mol. The average Bonchev–Trinajstić information content (AvgIpc) is 2.12. The Bertz CT molecular complexity index is 292. The van der Waals surface area contributed by atoms with E-state index in [4.69, 9.17) is 21.4 Å². The molecule has 0 heterocycles. The van der Waals surface area contributed by atoms with E-state index in [1.54, 1.807) is 6.07 Å². The second-order valence-corrected chi connectivity index (χ2v) is 3.76. The van der Waals surface area contributed by atoms with Gasteiger partial charge in [-0.15, -0.1) is 0 Å². The summed E-state index contributed by atoms with van der Waals surface area (Å²) in [5, 5.41) is 9.16. The van der Waals surface area contributed by atoms with E-state index in [9.17, 15) is 0 Å². The number of aliphatic hydroxyl groups is 1. The normalized spacial score (nSPS) is 7.71. The number of hydrogen-bond donors (Lipinski definition) is 1. The van der Waals surface area contributed by atoms with Crippen molar-refractivity contribution in [3.8, 4) is 5.75 Å². The molecule has 0 atom stereocenters. The molecule has 17 heavy (non-hydrogen) atoms. The zero-order chi connectivity index (χ0) is 9.68. The van der Waals surface area contributed by atoms with Crippen molar-refractivity contribution >= 4 is 27.5 Å². The molecule has 0 amide bonds. The molecule has 0 fully saturated rings. The molecule has 84 valence electrons. The zero-order valence-electron chi connectivity index (χ0n) is 9.27. The first-order valence-electron chi connectivity index (χ1n) is 3.93. The van der Waals surface area contributed by atoms with E-state index in [1.807, 2.05) is 12.1 Å². The summed E-state index contributed by atoms with van der Waals surface area (Å²) in [5.41, 5.74) is 0. The minimum absolute atomic E-state index is 0. The van der Waals surface area contributed by atoms with Crippen LogP contribution in [-0.2, 0) is 131 Å². The van der Waals surface area contributed by atoms with Crippen LogP contribution in [0.5, 0.6) is 5.75 Å². The molecule has 0 unspecified atom stereocenters. The van der Waals surface area contributed by atoms with Gasteiger partial charge < -0.3 is 9.84 Å². The summed E-state index contributed by atoms with van der Waals surface area (Å²) in [6, 6.07) is 5.40. The van der Waals surface area contributed by atoms with Gasteiger partial charge in [-0.25, -0.2) is 0 Å². The molecule has 0 aliphatic rings. The molecule has 1 N–H and O–H groups in total. The second kappa shape index (κ2) is 18.2. The topological polar surface area (TPSA) is 29.5 Å². The largest absolute Gasteiger partial charge is 0.493 e. The first-order valence-corrected chi connectivity index (χ1v) is 5.10. The van der Waals surface area contributed by atoms with Gasteiger partial charge in [-0.2, -0.15) is 0 Å². The van der Waals surface area contributed by atoms with E-state index in [0.717, 1.165) is 10.2 Å². The predicted molar refractivity (Wildman–Crippen MR) is 56.3 cm³/mol. The van der Waals surface area contributed by atoms with Crippen molar-refractivity contribution in [2.24, 2.45) is 0 Å². The summed E-state index contributed by atoms with van der Waals surface area (Å²) in [6.07, 6.45) is 0.633. The Morgan fingerprint density at radius 2 is 1.76 bits per heavy atom. The van der Waals surface area contributed by atoms with Gasteiger partial charge in [-0.3, -0.25) is 0 Å². The third-order valence-electron chi connectivity index (χ3n) is 1.46. The quantitative estimate of drug-likeness (QED) is 0.525. The van der Waals surface area contributed by atoms with Gasteiger partial charge in [-0.1, -0.05) is 11.6 Å². The molecule has 0 spiro atoms. The minimum Gasteiger partial charge on any atom is -0.493 e. The van der Waals surface area contributed by atoms with Crippen LogP contribution >= 0.6 is 27.5 Å². The van der Waals surface area contributed by atoms with E-state index in [-0.39, 0.29) is 137 Å². The van der Waals surface area contributed by atoms with Crippen LogP contribution in [0.3, 0.4) is 0 Å². The maximum atomic E-state index is 8.53. The number of hydrogen-bond acceptors (Lipinski definition) is 2. The third kappa shape index (κ3) is 13.5. The van der Waals surface area contributed by atoms with Crippen LogP contribution in [0.1, 0.15) is 6.42 Å². The van der Waals surface area contributed by atoms with Gasteiger partial charge in [0.25, 0.3) is 0 Å². The van der Waals surface area contributed by atoms with Gasteiger partial charge in [-0.05, 0) is 34.1 Å². The minimum atomic E-state index is 0. The molecule has 1 aromatic rings. The fourth-order valence-corrected chi connectivity index (χ4v) is 1.24. The van der Waals surface area contributed by atoms with Crippen LogP contribution in [0.25, 0.3) is 0 Å². The SMILES string of the molecule is OCCCOc1ccc(Br)c(Cl)c1.[Y].[Y].[Y].[Y]. The van der Waals surface area contributed by atoms with Gasteiger partial charge in [0.05, 0.1) is 11.6 Å². The molecule has 4 radical (unpaired) electrons. The molecule has 1 aromatic carbocycles. The van der Waals surface area contributed by atoms with Crippen LogP contribution in [0.4, 0.5) is 0 Å². The first kappa shape index (κ1) is 29.2. The number of rotatable bonds is 4. The molecule has 2 nitrogen and oxygen atoms in total. The first-order chi connectivity index (χ1) is 6.24. The predicted octanol–water partition coefficient (Wildman–Crippen LogP) is 2.85. The van der Waals surface area contributed by atoms with Gasteiger partial charge >= 0.3 is 0 Å². The van der Waals surface area contributed by atoms with Gasteiger partial charge in [0.2, 0.25) is 0 Å². The summed E-state index contributed by atoms with van der Waals surface area (Å²) in [4.78, 5) is 0. The fourth-order valence-electron chi connectivity index (χ4n) is 0.821. The van der Waals surface area contributed by atoms with E-state index < -0.39 is 0 Å². The summed E-state index contributed by atoms with van der Waals surface area (Å²) >= 11 is 9.13. The van der Waals surface area contributed by atoms with E-state index in [0.29, 0.717) is 18.1 Å². The number of benzene rings is 1. The standard InChI is InChI=1S/C9H10BrClO2.4Y/c10-8-3-2-7(6-9(8)11)13-5-1-4-12;;;;/h2-3,6,12H,1,4-5H2;;;;. The Kier molecular flexibility index (Phi) is 31.3.